The van der Waals surface area contributed by atoms with Crippen molar-refractivity contribution in [2.45, 2.75) is 26.3 Å². The molecule has 76 valence electrons. The lowest BCUT2D eigenvalue weighted by atomic mass is 10.0. The number of nitro groups is 1. The molecule has 0 aliphatic carbocycles. The second kappa shape index (κ2) is 4.19. The Hall–Kier alpha value is -1.42. The molecule has 0 bridgehead atoms. The van der Waals surface area contributed by atoms with E-state index < -0.39 is 0 Å². The minimum Gasteiger partial charge on any atom is -0.324 e. The quantitative estimate of drug-likeness (QED) is 0.593. The third-order valence-corrected chi connectivity index (χ3v) is 2.30. The lowest BCUT2D eigenvalue weighted by Gasteiger charge is -2.09. The molecule has 0 radical (unpaired) electrons. The fraction of sp³-hybridized carbons (Fsp3) is 0.400. The minimum absolute atomic E-state index is 0.116. The molecule has 0 fully saturated rings. The normalized spacial score (nSPS) is 12.5. The van der Waals surface area contributed by atoms with Crippen molar-refractivity contribution in [3.8, 4) is 0 Å². The largest absolute Gasteiger partial charge is 0.324 e. The van der Waals surface area contributed by atoms with Crippen LogP contribution in [0.5, 0.6) is 0 Å². The molecular weight excluding hydrogens is 180 g/mol. The lowest BCUT2D eigenvalue weighted by Crippen LogP contribution is -2.09. The zero-order chi connectivity index (χ0) is 10.7. The van der Waals surface area contributed by atoms with Crippen molar-refractivity contribution in [3.05, 3.63) is 39.4 Å². The Morgan fingerprint density at radius 3 is 2.71 bits per heavy atom. The summed E-state index contributed by atoms with van der Waals surface area (Å²) in [6.45, 7) is 3.68. The van der Waals surface area contributed by atoms with Gasteiger partial charge in [-0.2, -0.15) is 0 Å². The Kier molecular flexibility index (Phi) is 3.19. The average molecular weight is 194 g/mol. The molecule has 1 atom stereocenters. The van der Waals surface area contributed by atoms with Crippen LogP contribution in [0.15, 0.2) is 18.2 Å². The molecule has 14 heavy (non-hydrogen) atoms. The summed E-state index contributed by atoms with van der Waals surface area (Å²) in [5.41, 5.74) is 7.43. The number of rotatable bonds is 3. The topological polar surface area (TPSA) is 69.2 Å². The maximum absolute atomic E-state index is 10.6. The summed E-state index contributed by atoms with van der Waals surface area (Å²) in [4.78, 5) is 10.3. The summed E-state index contributed by atoms with van der Waals surface area (Å²) < 4.78 is 0. The second-order valence-corrected chi connectivity index (χ2v) is 3.32. The van der Waals surface area contributed by atoms with Gasteiger partial charge in [-0.05, 0) is 18.9 Å². The summed E-state index contributed by atoms with van der Waals surface area (Å²) in [5.74, 6) is 0. The Bertz CT molecular complexity index is 350. The zero-order valence-electron chi connectivity index (χ0n) is 8.36. The highest BCUT2D eigenvalue weighted by Crippen LogP contribution is 2.23. The number of nitrogens with two attached hydrogens (primary N) is 1. The SMILES string of the molecule is CC[C@H](N)c1ccc(C)c([N+](=O)[O-])c1. The van der Waals surface area contributed by atoms with Crippen LogP contribution in [0.2, 0.25) is 0 Å². The first-order valence-electron chi connectivity index (χ1n) is 4.56. The van der Waals surface area contributed by atoms with E-state index in [1.165, 1.54) is 0 Å². The van der Waals surface area contributed by atoms with Crippen LogP contribution in [0, 0.1) is 17.0 Å². The first-order chi connectivity index (χ1) is 6.56. The third-order valence-electron chi connectivity index (χ3n) is 2.30. The van der Waals surface area contributed by atoms with Gasteiger partial charge in [-0.1, -0.05) is 19.1 Å². The van der Waals surface area contributed by atoms with E-state index in [1.807, 2.05) is 13.0 Å². The molecule has 0 saturated heterocycles. The Balaban J connectivity index is 3.12. The van der Waals surface area contributed by atoms with Crippen LogP contribution in [0.4, 0.5) is 5.69 Å². The van der Waals surface area contributed by atoms with Crippen molar-refractivity contribution in [1.29, 1.82) is 0 Å². The zero-order valence-corrected chi connectivity index (χ0v) is 8.36. The van der Waals surface area contributed by atoms with Gasteiger partial charge in [0.1, 0.15) is 0 Å². The first-order valence-corrected chi connectivity index (χ1v) is 4.56. The van der Waals surface area contributed by atoms with Crippen molar-refractivity contribution < 1.29 is 4.92 Å². The van der Waals surface area contributed by atoms with Gasteiger partial charge in [0.25, 0.3) is 5.69 Å². The molecule has 0 aromatic heterocycles. The maximum Gasteiger partial charge on any atom is 0.272 e. The highest BCUT2D eigenvalue weighted by atomic mass is 16.6. The molecule has 0 spiro atoms. The summed E-state index contributed by atoms with van der Waals surface area (Å²) in [7, 11) is 0. The van der Waals surface area contributed by atoms with Gasteiger partial charge in [0, 0.05) is 17.7 Å². The van der Waals surface area contributed by atoms with Gasteiger partial charge in [0.2, 0.25) is 0 Å². The average Bonchev–Trinajstić information content (AvgIpc) is 2.17. The summed E-state index contributed by atoms with van der Waals surface area (Å²) in [5, 5.41) is 10.6. The Morgan fingerprint density at radius 2 is 2.21 bits per heavy atom. The minimum atomic E-state index is -0.374. The van der Waals surface area contributed by atoms with Gasteiger partial charge in [-0.25, -0.2) is 0 Å². The molecule has 0 aliphatic heterocycles. The summed E-state index contributed by atoms with van der Waals surface area (Å²) in [6, 6.07) is 5.03. The predicted octanol–water partition coefficient (Wildman–Crippen LogP) is 2.31. The standard InChI is InChI=1S/C10H14N2O2/c1-3-9(11)8-5-4-7(2)10(6-8)12(13)14/h4-6,9H,3,11H2,1-2H3/t9-/m0/s1. The van der Waals surface area contributed by atoms with Crippen LogP contribution >= 0.6 is 0 Å². The van der Waals surface area contributed by atoms with Gasteiger partial charge in [0.15, 0.2) is 0 Å². The molecule has 4 heteroatoms. The number of hydrogen-bond acceptors (Lipinski definition) is 3. The third kappa shape index (κ3) is 2.09. The van der Waals surface area contributed by atoms with Crippen LogP contribution < -0.4 is 5.73 Å². The highest BCUT2D eigenvalue weighted by molar-refractivity contribution is 5.43. The number of benzene rings is 1. The molecule has 1 aromatic carbocycles. The Morgan fingerprint density at radius 1 is 1.57 bits per heavy atom. The van der Waals surface area contributed by atoms with E-state index in [0.29, 0.717) is 5.56 Å². The van der Waals surface area contributed by atoms with Crippen molar-refractivity contribution in [1.82, 2.24) is 0 Å². The van der Waals surface area contributed by atoms with E-state index in [9.17, 15) is 10.1 Å². The molecule has 0 aliphatic rings. The number of nitro benzene ring substituents is 1. The van der Waals surface area contributed by atoms with Crippen LogP contribution in [-0.2, 0) is 0 Å². The van der Waals surface area contributed by atoms with Crippen molar-refractivity contribution in [3.63, 3.8) is 0 Å². The van der Waals surface area contributed by atoms with E-state index in [1.54, 1.807) is 19.1 Å². The molecule has 1 rings (SSSR count). The number of hydrogen-bond donors (Lipinski definition) is 1. The van der Waals surface area contributed by atoms with E-state index in [4.69, 9.17) is 5.73 Å². The lowest BCUT2D eigenvalue weighted by molar-refractivity contribution is -0.385. The molecule has 4 nitrogen and oxygen atoms in total. The van der Waals surface area contributed by atoms with E-state index >= 15 is 0 Å². The number of nitrogens with zero attached hydrogens (tertiary/aromatic N) is 1. The monoisotopic (exact) mass is 194 g/mol. The predicted molar refractivity (Wildman–Crippen MR) is 55.1 cm³/mol. The highest BCUT2D eigenvalue weighted by Gasteiger charge is 2.13. The first kappa shape index (κ1) is 10.7. The van der Waals surface area contributed by atoms with Crippen LogP contribution in [0.3, 0.4) is 0 Å². The Labute approximate surface area is 82.9 Å². The molecular formula is C10H14N2O2. The van der Waals surface area contributed by atoms with E-state index in [-0.39, 0.29) is 16.7 Å². The second-order valence-electron chi connectivity index (χ2n) is 3.32. The fourth-order valence-electron chi connectivity index (χ4n) is 1.29. The van der Waals surface area contributed by atoms with E-state index in [2.05, 4.69) is 0 Å². The van der Waals surface area contributed by atoms with Gasteiger partial charge in [-0.15, -0.1) is 0 Å². The molecule has 0 saturated carbocycles. The molecule has 0 unspecified atom stereocenters. The van der Waals surface area contributed by atoms with Crippen molar-refractivity contribution in [2.24, 2.45) is 5.73 Å². The molecule has 2 N–H and O–H groups in total. The molecule has 0 amide bonds. The van der Waals surface area contributed by atoms with Gasteiger partial charge < -0.3 is 5.73 Å². The van der Waals surface area contributed by atoms with Gasteiger partial charge in [0.05, 0.1) is 4.92 Å². The van der Waals surface area contributed by atoms with E-state index in [0.717, 1.165) is 12.0 Å². The summed E-state index contributed by atoms with van der Waals surface area (Å²) in [6.07, 6.45) is 0.778. The van der Waals surface area contributed by atoms with Crippen LogP contribution in [0.1, 0.15) is 30.5 Å². The van der Waals surface area contributed by atoms with Crippen molar-refractivity contribution in [2.75, 3.05) is 0 Å². The molecule has 0 heterocycles. The fourth-order valence-corrected chi connectivity index (χ4v) is 1.29. The number of aryl methyl sites for hydroxylation is 1. The maximum atomic E-state index is 10.6. The van der Waals surface area contributed by atoms with Gasteiger partial charge >= 0.3 is 0 Å². The van der Waals surface area contributed by atoms with Crippen LogP contribution in [-0.4, -0.2) is 4.92 Å². The van der Waals surface area contributed by atoms with Crippen molar-refractivity contribution >= 4 is 5.69 Å². The summed E-state index contributed by atoms with van der Waals surface area (Å²) >= 11 is 0. The smallest absolute Gasteiger partial charge is 0.272 e. The van der Waals surface area contributed by atoms with Crippen LogP contribution in [0.25, 0.3) is 0 Å². The van der Waals surface area contributed by atoms with Gasteiger partial charge in [-0.3, -0.25) is 10.1 Å². The molecule has 1 aromatic rings.